The van der Waals surface area contributed by atoms with Gasteiger partial charge in [-0.3, -0.25) is 15.1 Å². The first-order chi connectivity index (χ1) is 13.1. The van der Waals surface area contributed by atoms with Crippen molar-refractivity contribution in [1.29, 1.82) is 0 Å². The summed E-state index contributed by atoms with van der Waals surface area (Å²) >= 11 is 0. The molecule has 0 spiro atoms. The van der Waals surface area contributed by atoms with E-state index in [-0.39, 0.29) is 5.69 Å². The maximum atomic E-state index is 11.1. The molecule has 0 aliphatic rings. The number of nitro groups is 1. The number of nitro benzene ring substituents is 1. The van der Waals surface area contributed by atoms with Crippen molar-refractivity contribution in [3.05, 3.63) is 88.0 Å². The van der Waals surface area contributed by atoms with Crippen LogP contribution in [0.3, 0.4) is 0 Å². The molecule has 1 aromatic heterocycles. The Kier molecular flexibility index (Phi) is 4.22. The van der Waals surface area contributed by atoms with E-state index in [9.17, 15) is 10.1 Å². The third-order valence-corrected chi connectivity index (χ3v) is 4.12. The quantitative estimate of drug-likeness (QED) is 0.276. The molecule has 4 rings (SSSR count). The average Bonchev–Trinajstić information content (AvgIpc) is 3.10. The van der Waals surface area contributed by atoms with Crippen LogP contribution in [0.15, 0.2) is 76.1 Å². The molecule has 0 fully saturated rings. The Morgan fingerprint density at radius 1 is 1.07 bits per heavy atom. The molecular formula is C21H15N3O3. The van der Waals surface area contributed by atoms with Crippen LogP contribution in [0.5, 0.6) is 0 Å². The highest BCUT2D eigenvalue weighted by molar-refractivity contribution is 5.88. The van der Waals surface area contributed by atoms with Crippen molar-refractivity contribution < 1.29 is 9.34 Å². The van der Waals surface area contributed by atoms with Crippen LogP contribution in [-0.2, 0) is 0 Å². The van der Waals surface area contributed by atoms with E-state index in [1.807, 2.05) is 31.2 Å². The highest BCUT2D eigenvalue weighted by atomic mass is 16.6. The summed E-state index contributed by atoms with van der Waals surface area (Å²) in [5.74, 6) is 0.550. The number of aromatic nitrogens is 1. The molecule has 132 valence electrons. The fourth-order valence-corrected chi connectivity index (χ4v) is 2.80. The van der Waals surface area contributed by atoms with E-state index in [0.717, 1.165) is 11.1 Å². The number of aryl methyl sites for hydroxylation is 1. The predicted octanol–water partition coefficient (Wildman–Crippen LogP) is 5.46. The van der Waals surface area contributed by atoms with E-state index in [2.05, 4.69) is 9.98 Å². The first kappa shape index (κ1) is 16.7. The summed E-state index contributed by atoms with van der Waals surface area (Å²) < 4.78 is 5.83. The summed E-state index contributed by atoms with van der Waals surface area (Å²) in [7, 11) is 0. The zero-order valence-corrected chi connectivity index (χ0v) is 14.5. The Hall–Kier alpha value is -3.80. The largest absolute Gasteiger partial charge is 0.436 e. The normalized spacial score (nSPS) is 11.3. The number of aliphatic imine (C=N–C) groups is 1. The molecule has 0 saturated carbocycles. The second kappa shape index (κ2) is 6.84. The standard InChI is InChI=1S/C21H15N3O3/c1-14-5-4-7-15(11-14)21-23-18-12-17(9-10-20(18)27-21)22-13-16-6-2-3-8-19(16)24(25)26/h2-13H,1H3. The van der Waals surface area contributed by atoms with Crippen LogP contribution in [0, 0.1) is 17.0 Å². The number of nitrogens with zero attached hydrogens (tertiary/aromatic N) is 3. The summed E-state index contributed by atoms with van der Waals surface area (Å²) in [5.41, 5.74) is 4.50. The van der Waals surface area contributed by atoms with Crippen molar-refractivity contribution >= 4 is 28.7 Å². The molecule has 0 amide bonds. The zero-order valence-electron chi connectivity index (χ0n) is 14.5. The van der Waals surface area contributed by atoms with Gasteiger partial charge in [-0.1, -0.05) is 29.8 Å². The molecule has 0 saturated heterocycles. The number of benzene rings is 3. The minimum Gasteiger partial charge on any atom is -0.436 e. The predicted molar refractivity (Wildman–Crippen MR) is 105 cm³/mol. The van der Waals surface area contributed by atoms with Gasteiger partial charge in [0.05, 0.1) is 16.2 Å². The van der Waals surface area contributed by atoms with Gasteiger partial charge in [0.2, 0.25) is 5.89 Å². The Morgan fingerprint density at radius 3 is 2.74 bits per heavy atom. The van der Waals surface area contributed by atoms with E-state index in [4.69, 9.17) is 4.42 Å². The van der Waals surface area contributed by atoms with Crippen LogP contribution < -0.4 is 0 Å². The average molecular weight is 357 g/mol. The highest BCUT2D eigenvalue weighted by Gasteiger charge is 2.11. The minimum atomic E-state index is -0.420. The van der Waals surface area contributed by atoms with E-state index < -0.39 is 4.92 Å². The summed E-state index contributed by atoms with van der Waals surface area (Å²) in [6, 6.07) is 19.8. The molecule has 4 aromatic rings. The van der Waals surface area contributed by atoms with Crippen molar-refractivity contribution in [3.8, 4) is 11.5 Å². The van der Waals surface area contributed by atoms with Gasteiger partial charge in [-0.25, -0.2) is 4.98 Å². The van der Waals surface area contributed by atoms with Gasteiger partial charge in [-0.05, 0) is 43.3 Å². The van der Waals surface area contributed by atoms with Crippen molar-refractivity contribution in [2.45, 2.75) is 6.92 Å². The Labute approximate surface area is 155 Å². The van der Waals surface area contributed by atoms with Crippen molar-refractivity contribution in [2.75, 3.05) is 0 Å². The molecular weight excluding hydrogens is 342 g/mol. The van der Waals surface area contributed by atoms with Crippen LogP contribution >= 0.6 is 0 Å². The monoisotopic (exact) mass is 357 g/mol. The number of hydrogen-bond donors (Lipinski definition) is 0. The van der Waals surface area contributed by atoms with Crippen molar-refractivity contribution in [2.24, 2.45) is 4.99 Å². The van der Waals surface area contributed by atoms with Crippen LogP contribution in [0.25, 0.3) is 22.6 Å². The van der Waals surface area contributed by atoms with Crippen LogP contribution in [0.4, 0.5) is 11.4 Å². The molecule has 0 unspecified atom stereocenters. The molecule has 0 radical (unpaired) electrons. The van der Waals surface area contributed by atoms with Crippen molar-refractivity contribution in [1.82, 2.24) is 4.98 Å². The molecule has 6 heteroatoms. The molecule has 3 aromatic carbocycles. The van der Waals surface area contributed by atoms with Gasteiger partial charge in [0.1, 0.15) is 5.52 Å². The summed E-state index contributed by atoms with van der Waals surface area (Å²) in [6.07, 6.45) is 1.49. The SMILES string of the molecule is Cc1cccc(-c2nc3cc(N=Cc4ccccc4[N+](=O)[O-])ccc3o2)c1. The van der Waals surface area contributed by atoms with Gasteiger partial charge in [0, 0.05) is 17.8 Å². The Bertz CT molecular complexity index is 1180. The molecule has 0 aliphatic heterocycles. The Morgan fingerprint density at radius 2 is 1.93 bits per heavy atom. The third kappa shape index (κ3) is 3.46. The van der Waals surface area contributed by atoms with Gasteiger partial charge in [0.15, 0.2) is 5.58 Å². The topological polar surface area (TPSA) is 81.5 Å². The summed E-state index contributed by atoms with van der Waals surface area (Å²) in [4.78, 5) is 19.6. The lowest BCUT2D eigenvalue weighted by Crippen LogP contribution is -1.93. The highest BCUT2D eigenvalue weighted by Crippen LogP contribution is 2.27. The lowest BCUT2D eigenvalue weighted by Gasteiger charge is -1.96. The third-order valence-electron chi connectivity index (χ3n) is 4.12. The van der Waals surface area contributed by atoms with Crippen LogP contribution in [-0.4, -0.2) is 16.1 Å². The molecule has 1 heterocycles. The smallest absolute Gasteiger partial charge is 0.278 e. The molecule has 6 nitrogen and oxygen atoms in total. The fraction of sp³-hybridized carbons (Fsp3) is 0.0476. The second-order valence-corrected chi connectivity index (χ2v) is 6.11. The van der Waals surface area contributed by atoms with Crippen LogP contribution in [0.1, 0.15) is 11.1 Å². The maximum absolute atomic E-state index is 11.1. The summed E-state index contributed by atoms with van der Waals surface area (Å²) in [6.45, 7) is 2.02. The first-order valence-electron chi connectivity index (χ1n) is 8.35. The number of para-hydroxylation sites is 1. The maximum Gasteiger partial charge on any atom is 0.278 e. The molecule has 0 bridgehead atoms. The number of rotatable bonds is 4. The molecule has 0 N–H and O–H groups in total. The molecule has 0 aliphatic carbocycles. The lowest BCUT2D eigenvalue weighted by molar-refractivity contribution is -0.385. The molecule has 27 heavy (non-hydrogen) atoms. The minimum absolute atomic E-state index is 0.0190. The van der Waals surface area contributed by atoms with Gasteiger partial charge in [-0.15, -0.1) is 0 Å². The number of fused-ring (bicyclic) bond motifs is 1. The van der Waals surface area contributed by atoms with Gasteiger partial charge < -0.3 is 4.42 Å². The number of hydrogen-bond acceptors (Lipinski definition) is 5. The first-order valence-corrected chi connectivity index (χ1v) is 8.35. The zero-order chi connectivity index (χ0) is 18.8. The summed E-state index contributed by atoms with van der Waals surface area (Å²) in [5, 5.41) is 11.1. The molecule has 0 atom stereocenters. The van der Waals surface area contributed by atoms with Gasteiger partial charge in [-0.2, -0.15) is 0 Å². The van der Waals surface area contributed by atoms with Crippen molar-refractivity contribution in [3.63, 3.8) is 0 Å². The lowest BCUT2D eigenvalue weighted by atomic mass is 10.1. The fourth-order valence-electron chi connectivity index (χ4n) is 2.80. The van der Waals surface area contributed by atoms with E-state index in [1.165, 1.54) is 12.3 Å². The van der Waals surface area contributed by atoms with Crippen LogP contribution in [0.2, 0.25) is 0 Å². The number of oxazole rings is 1. The Balaban J connectivity index is 1.67. The van der Waals surface area contributed by atoms with Gasteiger partial charge in [0.25, 0.3) is 5.69 Å². The van der Waals surface area contributed by atoms with E-state index in [0.29, 0.717) is 28.2 Å². The second-order valence-electron chi connectivity index (χ2n) is 6.11. The van der Waals surface area contributed by atoms with E-state index >= 15 is 0 Å². The van der Waals surface area contributed by atoms with E-state index in [1.54, 1.807) is 36.4 Å². The van der Waals surface area contributed by atoms with Gasteiger partial charge >= 0.3 is 0 Å².